The fourth-order valence-electron chi connectivity index (χ4n) is 1.94. The zero-order chi connectivity index (χ0) is 17.7. The lowest BCUT2D eigenvalue weighted by Gasteiger charge is -2.10. The molecule has 0 amide bonds. The number of ketones is 1. The van der Waals surface area contributed by atoms with E-state index in [1.807, 2.05) is 0 Å². The monoisotopic (exact) mass is 413 g/mol. The number of methoxy groups -OCH3 is 1. The van der Waals surface area contributed by atoms with Crippen LogP contribution in [0.3, 0.4) is 0 Å². The summed E-state index contributed by atoms with van der Waals surface area (Å²) >= 11 is 3.13. The zero-order valence-corrected chi connectivity index (χ0v) is 15.6. The van der Waals surface area contributed by atoms with Crippen LogP contribution in [0, 0.1) is 0 Å². The van der Waals surface area contributed by atoms with Crippen molar-refractivity contribution in [3.63, 3.8) is 0 Å². The smallest absolute Gasteiger partial charge is 0.177 e. The first kappa shape index (κ1) is 18.4. The maximum Gasteiger partial charge on any atom is 0.177 e. The number of nitrogens with zero attached hydrogens (tertiary/aromatic N) is 1. The van der Waals surface area contributed by atoms with Gasteiger partial charge in [0, 0.05) is 18.5 Å². The standard InChI is InChI=1S/C16H16BrNO5S/c1-22-16-7-12(4-6-14(16)15(19)8-17)23-10-11-3-5-13(9-18-11)24(2,20)21/h3-7,9H,8,10H2,1-2H3. The molecule has 1 aromatic heterocycles. The van der Waals surface area contributed by atoms with Crippen molar-refractivity contribution in [2.75, 3.05) is 18.7 Å². The number of carbonyl (C=O) groups is 1. The quantitative estimate of drug-likeness (QED) is 0.512. The second-order valence-electron chi connectivity index (χ2n) is 4.96. The molecule has 128 valence electrons. The number of aromatic nitrogens is 1. The van der Waals surface area contributed by atoms with E-state index in [4.69, 9.17) is 9.47 Å². The summed E-state index contributed by atoms with van der Waals surface area (Å²) in [6, 6.07) is 8.01. The van der Waals surface area contributed by atoms with E-state index in [1.54, 1.807) is 24.3 Å². The number of pyridine rings is 1. The highest BCUT2D eigenvalue weighted by Crippen LogP contribution is 2.26. The molecule has 0 radical (unpaired) electrons. The molecule has 0 spiro atoms. The highest BCUT2D eigenvalue weighted by molar-refractivity contribution is 9.09. The summed E-state index contributed by atoms with van der Waals surface area (Å²) in [6.45, 7) is 0.166. The fourth-order valence-corrected chi connectivity index (χ4v) is 2.80. The Kier molecular flexibility index (Phi) is 5.95. The van der Waals surface area contributed by atoms with E-state index in [-0.39, 0.29) is 22.6 Å². The van der Waals surface area contributed by atoms with Crippen molar-refractivity contribution in [3.05, 3.63) is 47.8 Å². The van der Waals surface area contributed by atoms with Gasteiger partial charge in [0.15, 0.2) is 15.6 Å². The normalized spacial score (nSPS) is 11.1. The van der Waals surface area contributed by atoms with Crippen molar-refractivity contribution in [3.8, 4) is 11.5 Å². The van der Waals surface area contributed by atoms with Gasteiger partial charge in [-0.15, -0.1) is 0 Å². The van der Waals surface area contributed by atoms with Gasteiger partial charge in [-0.1, -0.05) is 15.9 Å². The minimum Gasteiger partial charge on any atom is -0.496 e. The van der Waals surface area contributed by atoms with Gasteiger partial charge in [0.05, 0.1) is 28.6 Å². The van der Waals surface area contributed by atoms with E-state index in [0.29, 0.717) is 22.8 Å². The number of benzene rings is 1. The van der Waals surface area contributed by atoms with Crippen LogP contribution in [-0.2, 0) is 16.4 Å². The molecule has 1 heterocycles. The van der Waals surface area contributed by atoms with Gasteiger partial charge in [-0.2, -0.15) is 0 Å². The summed E-state index contributed by atoms with van der Waals surface area (Å²) in [7, 11) is -1.79. The molecule has 2 aromatic rings. The summed E-state index contributed by atoms with van der Waals surface area (Å²) in [5.41, 5.74) is 1.05. The number of ether oxygens (including phenoxy) is 2. The predicted molar refractivity (Wildman–Crippen MR) is 92.8 cm³/mol. The topological polar surface area (TPSA) is 82.6 Å². The molecule has 0 saturated carbocycles. The van der Waals surface area contributed by atoms with E-state index in [2.05, 4.69) is 20.9 Å². The number of alkyl halides is 1. The third-order valence-corrected chi connectivity index (χ3v) is 4.81. The molecule has 24 heavy (non-hydrogen) atoms. The van der Waals surface area contributed by atoms with Crippen LogP contribution in [0.15, 0.2) is 41.4 Å². The molecule has 2 rings (SSSR count). The van der Waals surface area contributed by atoms with Crippen LogP contribution >= 0.6 is 15.9 Å². The Morgan fingerprint density at radius 3 is 2.54 bits per heavy atom. The summed E-state index contributed by atoms with van der Waals surface area (Å²) in [5, 5.41) is 0.209. The van der Waals surface area contributed by atoms with Crippen molar-refractivity contribution >= 4 is 31.6 Å². The van der Waals surface area contributed by atoms with Gasteiger partial charge in [-0.3, -0.25) is 9.78 Å². The first-order chi connectivity index (χ1) is 11.3. The maximum absolute atomic E-state index is 11.8. The van der Waals surface area contributed by atoms with Crippen molar-refractivity contribution in [2.24, 2.45) is 0 Å². The Labute approximate surface area is 148 Å². The molecule has 0 saturated heterocycles. The number of hydrogen-bond donors (Lipinski definition) is 0. The zero-order valence-electron chi connectivity index (χ0n) is 13.2. The molecule has 0 bridgehead atoms. The lowest BCUT2D eigenvalue weighted by atomic mass is 10.1. The molecule has 0 aliphatic rings. The average Bonchev–Trinajstić information content (AvgIpc) is 2.58. The Morgan fingerprint density at radius 2 is 2.00 bits per heavy atom. The van der Waals surface area contributed by atoms with E-state index < -0.39 is 9.84 Å². The first-order valence-electron chi connectivity index (χ1n) is 6.90. The van der Waals surface area contributed by atoms with Crippen LogP contribution in [0.2, 0.25) is 0 Å². The summed E-state index contributed by atoms with van der Waals surface area (Å²) in [4.78, 5) is 16.0. The molecule has 0 atom stereocenters. The van der Waals surface area contributed by atoms with Gasteiger partial charge in [-0.25, -0.2) is 8.42 Å². The van der Waals surface area contributed by atoms with Crippen LogP contribution < -0.4 is 9.47 Å². The van der Waals surface area contributed by atoms with Gasteiger partial charge >= 0.3 is 0 Å². The average molecular weight is 414 g/mol. The first-order valence-corrected chi connectivity index (χ1v) is 9.91. The van der Waals surface area contributed by atoms with E-state index in [0.717, 1.165) is 6.26 Å². The molecule has 6 nitrogen and oxygen atoms in total. The molecule has 1 aromatic carbocycles. The summed E-state index contributed by atoms with van der Waals surface area (Å²) in [5.74, 6) is 0.862. The number of rotatable bonds is 7. The van der Waals surface area contributed by atoms with Crippen LogP contribution in [-0.4, -0.2) is 37.9 Å². The minimum atomic E-state index is -3.27. The highest BCUT2D eigenvalue weighted by atomic mass is 79.9. The Hall–Kier alpha value is -1.93. The Morgan fingerprint density at radius 1 is 1.25 bits per heavy atom. The SMILES string of the molecule is COc1cc(OCc2ccc(S(C)(=O)=O)cn2)ccc1C(=O)CBr. The fraction of sp³-hybridized carbons (Fsp3) is 0.250. The molecular weight excluding hydrogens is 398 g/mol. The Bertz CT molecular complexity index is 834. The van der Waals surface area contributed by atoms with Crippen molar-refractivity contribution in [1.29, 1.82) is 0 Å². The third-order valence-electron chi connectivity index (χ3n) is 3.21. The maximum atomic E-state index is 11.8. The lowest BCUT2D eigenvalue weighted by molar-refractivity contribution is 0.102. The van der Waals surface area contributed by atoms with Crippen molar-refractivity contribution in [1.82, 2.24) is 4.98 Å². The second kappa shape index (κ2) is 7.76. The van der Waals surface area contributed by atoms with Crippen molar-refractivity contribution in [2.45, 2.75) is 11.5 Å². The number of halogens is 1. The van der Waals surface area contributed by atoms with Crippen LogP contribution in [0.1, 0.15) is 16.1 Å². The highest BCUT2D eigenvalue weighted by Gasteiger charge is 2.12. The lowest BCUT2D eigenvalue weighted by Crippen LogP contribution is -2.04. The largest absolute Gasteiger partial charge is 0.496 e. The van der Waals surface area contributed by atoms with Crippen molar-refractivity contribution < 1.29 is 22.7 Å². The van der Waals surface area contributed by atoms with Crippen LogP contribution in [0.4, 0.5) is 0 Å². The minimum absolute atomic E-state index is 0.0866. The molecule has 8 heteroatoms. The number of hydrogen-bond acceptors (Lipinski definition) is 6. The number of carbonyl (C=O) groups excluding carboxylic acids is 1. The molecule has 0 unspecified atom stereocenters. The van der Waals surface area contributed by atoms with Gasteiger partial charge in [0.1, 0.15) is 18.1 Å². The van der Waals surface area contributed by atoms with Crippen LogP contribution in [0.5, 0.6) is 11.5 Å². The third kappa shape index (κ3) is 4.55. The number of Topliss-reactive ketones (excluding diaryl/α,β-unsaturated/α-hetero) is 1. The van der Waals surface area contributed by atoms with Gasteiger partial charge in [-0.05, 0) is 24.3 Å². The molecule has 0 N–H and O–H groups in total. The molecule has 0 aliphatic heterocycles. The molecule has 0 aliphatic carbocycles. The van der Waals surface area contributed by atoms with Crippen LogP contribution in [0.25, 0.3) is 0 Å². The van der Waals surface area contributed by atoms with Gasteiger partial charge in [0.25, 0.3) is 0 Å². The predicted octanol–water partition coefficient (Wildman–Crippen LogP) is 2.65. The van der Waals surface area contributed by atoms with E-state index >= 15 is 0 Å². The molecule has 0 fully saturated rings. The second-order valence-corrected chi connectivity index (χ2v) is 7.54. The number of sulfone groups is 1. The molecular formula is C16H16BrNO5S. The summed E-state index contributed by atoms with van der Waals surface area (Å²) in [6.07, 6.45) is 2.43. The Balaban J connectivity index is 2.10. The van der Waals surface area contributed by atoms with E-state index in [1.165, 1.54) is 19.4 Å². The van der Waals surface area contributed by atoms with Gasteiger partial charge < -0.3 is 9.47 Å². The van der Waals surface area contributed by atoms with E-state index in [9.17, 15) is 13.2 Å². The summed E-state index contributed by atoms with van der Waals surface area (Å²) < 4.78 is 33.6. The van der Waals surface area contributed by atoms with Gasteiger partial charge in [0.2, 0.25) is 0 Å².